The second-order valence-corrected chi connectivity index (χ2v) is 5.13. The van der Waals surface area contributed by atoms with Crippen molar-refractivity contribution in [3.63, 3.8) is 0 Å². The van der Waals surface area contributed by atoms with Crippen molar-refractivity contribution in [1.29, 1.82) is 5.26 Å². The fourth-order valence-corrected chi connectivity index (χ4v) is 2.49. The van der Waals surface area contributed by atoms with Crippen LogP contribution in [0.3, 0.4) is 0 Å². The molecule has 1 aromatic rings. The zero-order valence-electron chi connectivity index (χ0n) is 12.6. The van der Waals surface area contributed by atoms with Crippen LogP contribution in [0.2, 0.25) is 0 Å². The molecular weight excluding hydrogens is 254 g/mol. The standard InChI is InChI=1S/C16H23NO3/c1-12(2)16(11-17,8-5-9-18)13-6-7-14(19-3)15(10-13)20-4/h6-7,10,12,18H,5,8-9H2,1-4H3/t16-/m1/s1. The molecule has 0 saturated heterocycles. The van der Waals surface area contributed by atoms with Gasteiger partial charge in [-0.3, -0.25) is 0 Å². The van der Waals surface area contributed by atoms with Gasteiger partial charge in [-0.05, 0) is 36.5 Å². The van der Waals surface area contributed by atoms with E-state index in [1.54, 1.807) is 14.2 Å². The van der Waals surface area contributed by atoms with Gasteiger partial charge in [0.2, 0.25) is 0 Å². The highest BCUT2D eigenvalue weighted by molar-refractivity contribution is 5.47. The van der Waals surface area contributed by atoms with Crippen LogP contribution in [0.5, 0.6) is 11.5 Å². The summed E-state index contributed by atoms with van der Waals surface area (Å²) < 4.78 is 10.5. The number of nitriles is 1. The van der Waals surface area contributed by atoms with Gasteiger partial charge >= 0.3 is 0 Å². The first-order valence-corrected chi connectivity index (χ1v) is 6.80. The van der Waals surface area contributed by atoms with Crippen molar-refractivity contribution in [2.24, 2.45) is 5.92 Å². The zero-order valence-corrected chi connectivity index (χ0v) is 12.6. The number of aliphatic hydroxyl groups excluding tert-OH is 1. The molecule has 0 radical (unpaired) electrons. The molecule has 0 aliphatic heterocycles. The molecule has 0 amide bonds. The van der Waals surface area contributed by atoms with Gasteiger partial charge in [0.15, 0.2) is 11.5 Å². The van der Waals surface area contributed by atoms with Crippen LogP contribution in [0.1, 0.15) is 32.3 Å². The molecule has 0 unspecified atom stereocenters. The van der Waals surface area contributed by atoms with Crippen molar-refractivity contribution in [3.05, 3.63) is 23.8 Å². The van der Waals surface area contributed by atoms with Gasteiger partial charge in [0, 0.05) is 6.61 Å². The Balaban J connectivity index is 3.31. The van der Waals surface area contributed by atoms with E-state index in [-0.39, 0.29) is 12.5 Å². The average Bonchev–Trinajstić information content (AvgIpc) is 2.47. The quantitative estimate of drug-likeness (QED) is 0.832. The molecule has 4 nitrogen and oxygen atoms in total. The number of rotatable bonds is 7. The third kappa shape index (κ3) is 3.05. The maximum atomic E-state index is 9.71. The number of aliphatic hydroxyl groups is 1. The maximum Gasteiger partial charge on any atom is 0.161 e. The fraction of sp³-hybridized carbons (Fsp3) is 0.562. The van der Waals surface area contributed by atoms with Gasteiger partial charge in [-0.1, -0.05) is 19.9 Å². The molecule has 0 saturated carbocycles. The SMILES string of the molecule is COc1ccc([C@@](C#N)(CCCO)C(C)C)cc1OC. The van der Waals surface area contributed by atoms with E-state index in [1.807, 2.05) is 32.0 Å². The number of ether oxygens (including phenoxy) is 2. The average molecular weight is 277 g/mol. The Hall–Kier alpha value is -1.73. The van der Waals surface area contributed by atoms with Crippen LogP contribution in [0.4, 0.5) is 0 Å². The van der Waals surface area contributed by atoms with Crippen molar-refractivity contribution in [1.82, 2.24) is 0 Å². The molecule has 4 heteroatoms. The topological polar surface area (TPSA) is 62.5 Å². The first kappa shape index (κ1) is 16.3. The maximum absolute atomic E-state index is 9.71. The van der Waals surface area contributed by atoms with Gasteiger partial charge in [-0.15, -0.1) is 0 Å². The molecule has 110 valence electrons. The van der Waals surface area contributed by atoms with Gasteiger partial charge in [0.25, 0.3) is 0 Å². The number of nitrogens with zero attached hydrogens (tertiary/aromatic N) is 1. The van der Waals surface area contributed by atoms with Gasteiger partial charge in [-0.2, -0.15) is 5.26 Å². The lowest BCUT2D eigenvalue weighted by molar-refractivity contribution is 0.256. The van der Waals surface area contributed by atoms with Crippen molar-refractivity contribution in [2.45, 2.75) is 32.1 Å². The van der Waals surface area contributed by atoms with Crippen LogP contribution in [0.15, 0.2) is 18.2 Å². The molecule has 0 fully saturated rings. The van der Waals surface area contributed by atoms with Crippen molar-refractivity contribution < 1.29 is 14.6 Å². The number of methoxy groups -OCH3 is 2. The molecule has 20 heavy (non-hydrogen) atoms. The highest BCUT2D eigenvalue weighted by Gasteiger charge is 2.36. The molecule has 0 aliphatic rings. The summed E-state index contributed by atoms with van der Waals surface area (Å²) in [5.41, 5.74) is 0.281. The van der Waals surface area contributed by atoms with Crippen molar-refractivity contribution in [2.75, 3.05) is 20.8 Å². The molecule has 0 aromatic heterocycles. The third-order valence-corrected chi connectivity index (χ3v) is 3.81. The molecule has 1 aromatic carbocycles. The normalized spacial score (nSPS) is 13.7. The smallest absolute Gasteiger partial charge is 0.161 e. The molecule has 1 N–H and O–H groups in total. The van der Waals surface area contributed by atoms with Gasteiger partial charge in [-0.25, -0.2) is 0 Å². The van der Waals surface area contributed by atoms with E-state index in [4.69, 9.17) is 14.6 Å². The van der Waals surface area contributed by atoms with E-state index in [0.717, 1.165) is 5.56 Å². The van der Waals surface area contributed by atoms with Crippen LogP contribution >= 0.6 is 0 Å². The Morgan fingerprint density at radius 3 is 2.35 bits per heavy atom. The first-order chi connectivity index (χ1) is 9.55. The molecule has 0 aliphatic carbocycles. The minimum Gasteiger partial charge on any atom is -0.493 e. The lowest BCUT2D eigenvalue weighted by Gasteiger charge is -2.31. The number of hydrogen-bond donors (Lipinski definition) is 1. The second-order valence-electron chi connectivity index (χ2n) is 5.13. The second kappa shape index (κ2) is 7.16. The molecule has 0 spiro atoms. The summed E-state index contributed by atoms with van der Waals surface area (Å²) in [5, 5.41) is 18.8. The molecule has 0 bridgehead atoms. The molecule has 1 rings (SSSR count). The Morgan fingerprint density at radius 1 is 1.25 bits per heavy atom. The van der Waals surface area contributed by atoms with E-state index in [2.05, 4.69) is 6.07 Å². The predicted molar refractivity (Wildman–Crippen MR) is 78.0 cm³/mol. The Morgan fingerprint density at radius 2 is 1.90 bits per heavy atom. The summed E-state index contributed by atoms with van der Waals surface area (Å²) in [5.74, 6) is 1.40. The Kier molecular flexibility index (Phi) is 5.84. The number of hydrogen-bond acceptors (Lipinski definition) is 4. The van der Waals surface area contributed by atoms with E-state index in [1.165, 1.54) is 0 Å². The van der Waals surface area contributed by atoms with Crippen LogP contribution in [0.25, 0.3) is 0 Å². The summed E-state index contributed by atoms with van der Waals surface area (Å²) in [4.78, 5) is 0. The van der Waals surface area contributed by atoms with Crippen LogP contribution in [0, 0.1) is 17.2 Å². The predicted octanol–water partition coefficient (Wildman–Crippen LogP) is 2.89. The minimum absolute atomic E-state index is 0.0867. The minimum atomic E-state index is -0.623. The van der Waals surface area contributed by atoms with Gasteiger partial charge in [0.1, 0.15) is 0 Å². The van der Waals surface area contributed by atoms with E-state index in [9.17, 15) is 5.26 Å². The van der Waals surface area contributed by atoms with Crippen molar-refractivity contribution >= 4 is 0 Å². The van der Waals surface area contributed by atoms with E-state index >= 15 is 0 Å². The summed E-state index contributed by atoms with van der Waals surface area (Å²) in [6.07, 6.45) is 1.22. The fourth-order valence-electron chi connectivity index (χ4n) is 2.49. The number of benzene rings is 1. The van der Waals surface area contributed by atoms with Crippen LogP contribution in [-0.4, -0.2) is 25.9 Å². The lowest BCUT2D eigenvalue weighted by atomic mass is 9.70. The van der Waals surface area contributed by atoms with Crippen molar-refractivity contribution in [3.8, 4) is 17.6 Å². The van der Waals surface area contributed by atoms with E-state index < -0.39 is 5.41 Å². The largest absolute Gasteiger partial charge is 0.493 e. The first-order valence-electron chi connectivity index (χ1n) is 6.80. The van der Waals surface area contributed by atoms with Gasteiger partial charge < -0.3 is 14.6 Å². The lowest BCUT2D eigenvalue weighted by Crippen LogP contribution is -2.31. The highest BCUT2D eigenvalue weighted by atomic mass is 16.5. The third-order valence-electron chi connectivity index (χ3n) is 3.81. The van der Waals surface area contributed by atoms with Crippen LogP contribution < -0.4 is 9.47 Å². The highest BCUT2D eigenvalue weighted by Crippen LogP contribution is 2.40. The van der Waals surface area contributed by atoms with Gasteiger partial charge in [0.05, 0.1) is 25.7 Å². The zero-order chi connectivity index (χ0) is 15.2. The summed E-state index contributed by atoms with van der Waals surface area (Å²) in [6.45, 7) is 4.14. The van der Waals surface area contributed by atoms with Crippen LogP contribution in [-0.2, 0) is 5.41 Å². The summed E-state index contributed by atoms with van der Waals surface area (Å²) in [7, 11) is 3.17. The molecular formula is C16H23NO3. The monoisotopic (exact) mass is 277 g/mol. The molecule has 1 atom stereocenters. The Labute approximate surface area is 120 Å². The summed E-state index contributed by atoms with van der Waals surface area (Å²) >= 11 is 0. The molecule has 0 heterocycles. The Bertz CT molecular complexity index is 479. The van der Waals surface area contributed by atoms with E-state index in [0.29, 0.717) is 24.3 Å². The summed E-state index contributed by atoms with van der Waals surface area (Å²) in [6, 6.07) is 8.03.